The van der Waals surface area contributed by atoms with E-state index in [9.17, 15) is 0 Å². The lowest BCUT2D eigenvalue weighted by Gasteiger charge is -2.06. The van der Waals surface area contributed by atoms with Crippen molar-refractivity contribution >= 4 is 69.0 Å². The van der Waals surface area contributed by atoms with Gasteiger partial charge in [-0.25, -0.2) is 28.2 Å². The normalized spacial score (nSPS) is 12.0. The van der Waals surface area contributed by atoms with Crippen molar-refractivity contribution in [2.75, 3.05) is 0 Å². The summed E-state index contributed by atoms with van der Waals surface area (Å²) in [5.74, 6) is 0. The topological polar surface area (TPSA) is 72.9 Å². The van der Waals surface area contributed by atoms with Crippen LogP contribution in [0.2, 0.25) is 0 Å². The second kappa shape index (κ2) is 15.1. The van der Waals surface area contributed by atoms with Crippen LogP contribution in [-0.4, -0.2) is 19.9 Å². The van der Waals surface area contributed by atoms with Crippen LogP contribution in [0.25, 0.3) is 90.9 Å². The SMILES string of the molecule is C[n+]1ccc(-c2c3nc(c(-c4cc[n+](C)cc4)c4ccc([nH]4)c(-c4cc[n+](Cc5ccc(I)cc5)cc4)c4nc(c(-c5cc[n+](C)cc5)c5ccc2[nH]5)C=C4)C=C3)cc1. The highest BCUT2D eigenvalue weighted by Crippen LogP contribution is 2.38. The summed E-state index contributed by atoms with van der Waals surface area (Å²) in [4.78, 5) is 18.6. The summed E-state index contributed by atoms with van der Waals surface area (Å²) in [5, 5.41) is 0. The zero-order valence-electron chi connectivity index (χ0n) is 32.9. The predicted molar refractivity (Wildman–Crippen MR) is 243 cm³/mol. The fraction of sp³-hybridized carbons (Fsp3) is 0.0800. The Morgan fingerprint density at radius 2 is 0.712 bits per heavy atom. The van der Waals surface area contributed by atoms with Crippen LogP contribution < -0.4 is 18.3 Å². The van der Waals surface area contributed by atoms with E-state index in [1.807, 2.05) is 21.1 Å². The lowest BCUT2D eigenvalue weighted by Crippen LogP contribution is -2.33. The van der Waals surface area contributed by atoms with E-state index in [0.29, 0.717) is 0 Å². The van der Waals surface area contributed by atoms with Gasteiger partial charge in [-0.2, -0.15) is 0 Å². The van der Waals surface area contributed by atoms with Gasteiger partial charge in [0.05, 0.1) is 22.8 Å². The van der Waals surface area contributed by atoms with E-state index in [0.717, 1.165) is 95.9 Å². The van der Waals surface area contributed by atoms with Crippen molar-refractivity contribution in [2.45, 2.75) is 6.54 Å². The number of pyridine rings is 4. The molecular weight excluding hydrogens is 840 g/mol. The van der Waals surface area contributed by atoms with Gasteiger partial charge in [-0.15, -0.1) is 0 Å². The molecule has 9 heteroatoms. The Bertz CT molecular complexity index is 3080. The minimum absolute atomic E-state index is 0.785. The number of rotatable bonds is 6. The molecule has 0 radical (unpaired) electrons. The summed E-state index contributed by atoms with van der Waals surface area (Å²) < 4.78 is 9.61. The first-order valence-electron chi connectivity index (χ1n) is 19.6. The van der Waals surface area contributed by atoms with Crippen molar-refractivity contribution in [1.29, 1.82) is 0 Å². The third kappa shape index (κ3) is 7.18. The molecular formula is C50H41IN8+4. The third-order valence-electron chi connectivity index (χ3n) is 11.0. The van der Waals surface area contributed by atoms with Gasteiger partial charge in [-0.05, 0) is 106 Å². The highest BCUT2D eigenvalue weighted by atomic mass is 127. The fourth-order valence-corrected chi connectivity index (χ4v) is 8.31. The molecule has 2 N–H and O–H groups in total. The number of aryl methyl sites for hydroxylation is 3. The van der Waals surface area contributed by atoms with Crippen LogP contribution in [0.3, 0.4) is 0 Å². The number of H-pyrrole nitrogens is 2. The fourth-order valence-electron chi connectivity index (χ4n) is 7.95. The first kappa shape index (κ1) is 36.5. The first-order valence-corrected chi connectivity index (χ1v) is 20.7. The number of fused-ring (bicyclic) bond motifs is 8. The predicted octanol–water partition coefficient (Wildman–Crippen LogP) is 8.74. The van der Waals surface area contributed by atoms with Crippen LogP contribution in [-0.2, 0) is 27.7 Å². The molecule has 0 atom stereocenters. The highest BCUT2D eigenvalue weighted by Gasteiger charge is 2.20. The van der Waals surface area contributed by atoms with Crippen molar-refractivity contribution in [3.8, 4) is 44.5 Å². The Morgan fingerprint density at radius 3 is 1.03 bits per heavy atom. The number of benzene rings is 1. The van der Waals surface area contributed by atoms with Crippen molar-refractivity contribution in [3.05, 3.63) is 179 Å². The molecule has 0 unspecified atom stereocenters. The summed E-state index contributed by atoms with van der Waals surface area (Å²) in [6, 6.07) is 34.7. The van der Waals surface area contributed by atoms with Gasteiger partial charge >= 0.3 is 0 Å². The van der Waals surface area contributed by atoms with Gasteiger partial charge in [-0.1, -0.05) is 12.1 Å². The van der Waals surface area contributed by atoms with Crippen molar-refractivity contribution in [2.24, 2.45) is 21.1 Å². The molecule has 284 valence electrons. The molecule has 0 aliphatic carbocycles. The summed E-state index contributed by atoms with van der Waals surface area (Å²) >= 11 is 2.35. The largest absolute Gasteiger partial charge is 0.354 e. The van der Waals surface area contributed by atoms with Crippen LogP contribution in [0.15, 0.2) is 147 Å². The monoisotopic (exact) mass is 880 g/mol. The summed E-state index contributed by atoms with van der Waals surface area (Å²) in [6.07, 6.45) is 25.4. The molecule has 2 aliphatic heterocycles. The molecule has 2 aliphatic rings. The maximum atomic E-state index is 5.47. The molecule has 0 spiro atoms. The number of hydrogen-bond acceptors (Lipinski definition) is 2. The highest BCUT2D eigenvalue weighted by molar-refractivity contribution is 14.1. The standard InChI is InChI=1S/C50H40IN8/c1-56-24-16-34(17-25-56)47-39-8-10-41(52-39)48(35-18-26-57(2)27-19-35)43-12-14-45(54-43)50(37-22-30-59(31-23-37)32-33-4-6-38(51)7-5-33)46-15-13-44(55-46)49(42-11-9-40(47)53-42)36-20-28-58(3)29-21-36/h4-31H,32H2,1-3H3,(H,52,53,54,55)/q+3/p+1. The van der Waals surface area contributed by atoms with Gasteiger partial charge in [0, 0.05) is 102 Å². The van der Waals surface area contributed by atoms with Crippen molar-refractivity contribution < 1.29 is 18.3 Å². The Hall–Kier alpha value is -6.85. The van der Waals surface area contributed by atoms with E-state index in [1.54, 1.807) is 0 Å². The lowest BCUT2D eigenvalue weighted by atomic mass is 10.0. The van der Waals surface area contributed by atoms with Crippen LogP contribution >= 0.6 is 22.6 Å². The maximum absolute atomic E-state index is 5.47. The summed E-state index contributed by atoms with van der Waals surface area (Å²) in [7, 11) is 6.12. The van der Waals surface area contributed by atoms with Crippen molar-refractivity contribution in [1.82, 2.24) is 19.9 Å². The van der Waals surface area contributed by atoms with Gasteiger partial charge in [0.25, 0.3) is 0 Å². The zero-order valence-corrected chi connectivity index (χ0v) is 35.1. The van der Waals surface area contributed by atoms with E-state index in [2.05, 4.69) is 222 Å². The van der Waals surface area contributed by atoms with E-state index < -0.39 is 0 Å². The minimum Gasteiger partial charge on any atom is -0.354 e. The Morgan fingerprint density at radius 1 is 0.407 bits per heavy atom. The van der Waals surface area contributed by atoms with Crippen LogP contribution in [0.1, 0.15) is 28.3 Å². The van der Waals surface area contributed by atoms with Gasteiger partial charge < -0.3 is 9.97 Å². The van der Waals surface area contributed by atoms with Crippen LogP contribution in [0.4, 0.5) is 0 Å². The molecule has 0 saturated carbocycles. The molecule has 8 bridgehead atoms. The van der Waals surface area contributed by atoms with Crippen LogP contribution in [0.5, 0.6) is 0 Å². The van der Waals surface area contributed by atoms with Crippen LogP contribution in [0, 0.1) is 3.57 Å². The van der Waals surface area contributed by atoms with Gasteiger partial charge in [0.15, 0.2) is 56.1 Å². The number of nitrogens with zero attached hydrogens (tertiary/aromatic N) is 6. The quantitative estimate of drug-likeness (QED) is 0.130. The smallest absolute Gasteiger partial charge is 0.173 e. The minimum atomic E-state index is 0.785. The lowest BCUT2D eigenvalue weighted by molar-refractivity contribution is -0.688. The zero-order chi connectivity index (χ0) is 40.0. The number of hydrogen-bond donors (Lipinski definition) is 2. The number of nitrogens with one attached hydrogen (secondary N) is 2. The molecule has 8 aromatic rings. The van der Waals surface area contributed by atoms with E-state index >= 15 is 0 Å². The molecule has 0 amide bonds. The van der Waals surface area contributed by atoms with Crippen molar-refractivity contribution in [3.63, 3.8) is 0 Å². The Balaban J connectivity index is 1.29. The summed E-state index contributed by atoms with van der Waals surface area (Å²) in [6.45, 7) is 0.785. The molecule has 9 heterocycles. The molecule has 0 fully saturated rings. The average Bonchev–Trinajstić information content (AvgIpc) is 4.10. The average molecular weight is 881 g/mol. The number of aromatic nitrogens is 8. The Kier molecular flexibility index (Phi) is 9.37. The van der Waals surface area contributed by atoms with E-state index in [-0.39, 0.29) is 0 Å². The van der Waals surface area contributed by atoms with Gasteiger partial charge in [-0.3, -0.25) is 0 Å². The van der Waals surface area contributed by atoms with E-state index in [1.165, 1.54) is 9.13 Å². The second-order valence-electron chi connectivity index (χ2n) is 15.1. The second-order valence-corrected chi connectivity index (χ2v) is 16.4. The molecule has 7 aromatic heterocycles. The third-order valence-corrected chi connectivity index (χ3v) is 11.7. The van der Waals surface area contributed by atoms with Gasteiger partial charge in [0.1, 0.15) is 21.1 Å². The Labute approximate surface area is 356 Å². The molecule has 59 heavy (non-hydrogen) atoms. The molecule has 1 aromatic carbocycles. The summed E-state index contributed by atoms with van der Waals surface area (Å²) in [5.41, 5.74) is 17.0. The number of aromatic amines is 2. The van der Waals surface area contributed by atoms with Gasteiger partial charge in [0.2, 0.25) is 0 Å². The van der Waals surface area contributed by atoms with E-state index in [4.69, 9.17) is 9.97 Å². The first-order chi connectivity index (χ1) is 28.8. The molecule has 8 nitrogen and oxygen atoms in total. The molecule has 10 rings (SSSR count). The number of halogens is 1. The maximum Gasteiger partial charge on any atom is 0.173 e. The molecule has 0 saturated heterocycles.